The third-order valence-corrected chi connectivity index (χ3v) is 2.72. The number of hydrogen-bond donors (Lipinski definition) is 2. The van der Waals surface area contributed by atoms with Gasteiger partial charge < -0.3 is 24.3 Å². The molecule has 0 radical (unpaired) electrons. The number of carbonyl (C=O) groups is 1. The Bertz CT molecular complexity index is 458. The first kappa shape index (κ1) is 17.9. The molecule has 1 aromatic heterocycles. The second-order valence-electron chi connectivity index (χ2n) is 5.31. The Hall–Kier alpha value is -1.12. The summed E-state index contributed by atoms with van der Waals surface area (Å²) in [6.45, 7) is 7.09. The fraction of sp³-hybridized carbons (Fsp3) is 0.692. The van der Waals surface area contributed by atoms with Crippen molar-refractivity contribution in [3.63, 3.8) is 0 Å². The van der Waals surface area contributed by atoms with Gasteiger partial charge in [0.25, 0.3) is 0 Å². The molecule has 0 bridgehead atoms. The van der Waals surface area contributed by atoms with Crippen LogP contribution in [0, 0.1) is 0 Å². The Morgan fingerprint density at radius 1 is 1.57 bits per heavy atom. The first-order chi connectivity index (χ1) is 9.76. The number of rotatable bonds is 6. The van der Waals surface area contributed by atoms with Crippen LogP contribution in [0.15, 0.2) is 15.3 Å². The summed E-state index contributed by atoms with van der Waals surface area (Å²) in [6.07, 6.45) is 0.124. The number of nitrogens with zero attached hydrogens (tertiary/aromatic N) is 1. The van der Waals surface area contributed by atoms with Gasteiger partial charge in [-0.2, -0.15) is 0 Å². The van der Waals surface area contributed by atoms with Crippen molar-refractivity contribution in [1.29, 1.82) is 0 Å². The quantitative estimate of drug-likeness (QED) is 0.804. The van der Waals surface area contributed by atoms with Crippen molar-refractivity contribution in [1.82, 2.24) is 10.3 Å². The SMILES string of the molecule is CCO[C@@H](c1ncc(Br)o1)[C@@H](CO)NC(=O)OC(C)(C)C. The molecule has 1 rings (SSSR count). The molecule has 2 atom stereocenters. The molecule has 0 unspecified atom stereocenters. The number of hydrogen-bond acceptors (Lipinski definition) is 6. The number of ether oxygens (including phenoxy) is 2. The van der Waals surface area contributed by atoms with Gasteiger partial charge in [0, 0.05) is 6.61 Å². The molecular formula is C13H21BrN2O5. The fourth-order valence-corrected chi connectivity index (χ4v) is 1.88. The monoisotopic (exact) mass is 364 g/mol. The molecule has 7 nitrogen and oxygen atoms in total. The van der Waals surface area contributed by atoms with E-state index in [9.17, 15) is 9.90 Å². The third-order valence-electron chi connectivity index (χ3n) is 2.35. The lowest BCUT2D eigenvalue weighted by Gasteiger charge is -2.26. The van der Waals surface area contributed by atoms with E-state index in [0.717, 1.165) is 0 Å². The van der Waals surface area contributed by atoms with Crippen molar-refractivity contribution in [2.75, 3.05) is 13.2 Å². The van der Waals surface area contributed by atoms with Crippen molar-refractivity contribution < 1.29 is 23.8 Å². The summed E-state index contributed by atoms with van der Waals surface area (Å²) in [7, 11) is 0. The number of carbonyl (C=O) groups excluding carboxylic acids is 1. The summed E-state index contributed by atoms with van der Waals surface area (Å²) in [5.41, 5.74) is -0.628. The van der Waals surface area contributed by atoms with Gasteiger partial charge in [-0.1, -0.05) is 0 Å². The molecule has 0 saturated carbocycles. The highest BCUT2D eigenvalue weighted by Gasteiger charge is 2.30. The summed E-state index contributed by atoms with van der Waals surface area (Å²) in [5.74, 6) is 0.263. The predicted octanol–water partition coefficient (Wildman–Crippen LogP) is 2.40. The number of halogens is 1. The standard InChI is InChI=1S/C13H21BrN2O5/c1-5-19-10(11-15-6-9(14)20-11)8(7-17)16-12(18)21-13(2,3)4/h6,8,10,17H,5,7H2,1-4H3,(H,16,18)/t8-,10-/m1/s1. The van der Waals surface area contributed by atoms with E-state index in [1.807, 2.05) is 0 Å². The Kier molecular flexibility index (Phi) is 6.63. The lowest BCUT2D eigenvalue weighted by atomic mass is 10.1. The summed E-state index contributed by atoms with van der Waals surface area (Å²) < 4.78 is 16.5. The van der Waals surface area contributed by atoms with E-state index in [-0.39, 0.29) is 12.5 Å². The number of alkyl carbamates (subject to hydrolysis) is 1. The zero-order valence-electron chi connectivity index (χ0n) is 12.6. The minimum atomic E-state index is -0.731. The van der Waals surface area contributed by atoms with E-state index in [2.05, 4.69) is 26.2 Å². The Morgan fingerprint density at radius 2 is 2.24 bits per heavy atom. The number of amides is 1. The number of aliphatic hydroxyl groups is 1. The number of aliphatic hydroxyl groups excluding tert-OH is 1. The summed E-state index contributed by atoms with van der Waals surface area (Å²) in [4.78, 5) is 15.9. The maximum absolute atomic E-state index is 11.8. The topological polar surface area (TPSA) is 93.8 Å². The minimum Gasteiger partial charge on any atom is -0.444 e. The van der Waals surface area contributed by atoms with Gasteiger partial charge in [-0.3, -0.25) is 0 Å². The molecule has 0 aromatic carbocycles. The average molecular weight is 365 g/mol. The van der Waals surface area contributed by atoms with E-state index in [1.54, 1.807) is 27.7 Å². The maximum Gasteiger partial charge on any atom is 0.408 e. The number of nitrogens with one attached hydrogen (secondary N) is 1. The molecule has 21 heavy (non-hydrogen) atoms. The zero-order chi connectivity index (χ0) is 16.0. The van der Waals surface area contributed by atoms with Crippen LogP contribution in [-0.2, 0) is 9.47 Å². The van der Waals surface area contributed by atoms with E-state index in [4.69, 9.17) is 13.9 Å². The molecule has 0 fully saturated rings. The highest BCUT2D eigenvalue weighted by molar-refractivity contribution is 9.10. The van der Waals surface area contributed by atoms with Crippen LogP contribution in [0.2, 0.25) is 0 Å². The summed E-state index contributed by atoms with van der Waals surface area (Å²) in [5, 5.41) is 12.1. The number of oxazole rings is 1. The normalized spacial score (nSPS) is 14.6. The molecule has 0 aliphatic rings. The molecular weight excluding hydrogens is 344 g/mol. The second kappa shape index (κ2) is 7.77. The minimum absolute atomic E-state index is 0.263. The smallest absolute Gasteiger partial charge is 0.408 e. The van der Waals surface area contributed by atoms with Crippen LogP contribution >= 0.6 is 15.9 Å². The Balaban J connectivity index is 2.80. The molecule has 0 saturated heterocycles. The molecule has 120 valence electrons. The summed E-state index contributed by atoms with van der Waals surface area (Å²) >= 11 is 3.15. The van der Waals surface area contributed by atoms with Crippen molar-refractivity contribution in [3.05, 3.63) is 16.8 Å². The molecule has 1 heterocycles. The zero-order valence-corrected chi connectivity index (χ0v) is 14.1. The molecule has 0 aliphatic heterocycles. The third kappa shape index (κ3) is 6.03. The highest BCUT2D eigenvalue weighted by atomic mass is 79.9. The van der Waals surface area contributed by atoms with Gasteiger partial charge in [0.1, 0.15) is 5.60 Å². The van der Waals surface area contributed by atoms with Gasteiger partial charge in [0.05, 0.1) is 18.8 Å². The van der Waals surface area contributed by atoms with Gasteiger partial charge >= 0.3 is 6.09 Å². The lowest BCUT2D eigenvalue weighted by molar-refractivity contribution is -0.00815. The molecule has 1 amide bonds. The first-order valence-electron chi connectivity index (χ1n) is 6.60. The highest BCUT2D eigenvalue weighted by Crippen LogP contribution is 2.23. The van der Waals surface area contributed by atoms with Crippen LogP contribution in [0.5, 0.6) is 0 Å². The molecule has 1 aromatic rings. The number of aromatic nitrogens is 1. The van der Waals surface area contributed by atoms with Crippen molar-refractivity contribution in [3.8, 4) is 0 Å². The van der Waals surface area contributed by atoms with E-state index in [0.29, 0.717) is 11.3 Å². The molecule has 8 heteroatoms. The lowest BCUT2D eigenvalue weighted by Crippen LogP contribution is -2.45. The van der Waals surface area contributed by atoms with Crippen LogP contribution in [0.25, 0.3) is 0 Å². The second-order valence-corrected chi connectivity index (χ2v) is 6.10. The maximum atomic E-state index is 11.8. The van der Waals surface area contributed by atoms with Crippen molar-refractivity contribution in [2.45, 2.75) is 45.4 Å². The molecule has 2 N–H and O–H groups in total. The largest absolute Gasteiger partial charge is 0.444 e. The average Bonchev–Trinajstić information content (AvgIpc) is 2.77. The van der Waals surface area contributed by atoms with Crippen molar-refractivity contribution >= 4 is 22.0 Å². The Labute approximate surface area is 132 Å². The van der Waals surface area contributed by atoms with Gasteiger partial charge in [-0.25, -0.2) is 9.78 Å². The predicted molar refractivity (Wildman–Crippen MR) is 78.8 cm³/mol. The van der Waals surface area contributed by atoms with Gasteiger partial charge in [0.2, 0.25) is 5.89 Å². The van der Waals surface area contributed by atoms with Gasteiger partial charge in [-0.15, -0.1) is 0 Å². The summed E-state index contributed by atoms with van der Waals surface area (Å²) in [6, 6.07) is -0.731. The Morgan fingerprint density at radius 3 is 2.67 bits per heavy atom. The van der Waals surface area contributed by atoms with E-state index < -0.39 is 23.8 Å². The van der Waals surface area contributed by atoms with E-state index >= 15 is 0 Å². The molecule has 0 spiro atoms. The van der Waals surface area contributed by atoms with Crippen LogP contribution < -0.4 is 5.32 Å². The fourth-order valence-electron chi connectivity index (χ4n) is 1.61. The van der Waals surface area contributed by atoms with Gasteiger partial charge in [-0.05, 0) is 43.6 Å². The van der Waals surface area contributed by atoms with Crippen molar-refractivity contribution in [2.24, 2.45) is 0 Å². The first-order valence-corrected chi connectivity index (χ1v) is 7.39. The van der Waals surface area contributed by atoms with Crippen LogP contribution in [-0.4, -0.2) is 41.0 Å². The van der Waals surface area contributed by atoms with Gasteiger partial charge in [0.15, 0.2) is 10.8 Å². The van der Waals surface area contributed by atoms with Crippen LogP contribution in [0.3, 0.4) is 0 Å². The molecule has 0 aliphatic carbocycles. The van der Waals surface area contributed by atoms with E-state index in [1.165, 1.54) is 6.20 Å². The van der Waals surface area contributed by atoms with Crippen LogP contribution in [0.1, 0.15) is 39.7 Å². The van der Waals surface area contributed by atoms with Crippen LogP contribution in [0.4, 0.5) is 4.79 Å².